The van der Waals surface area contributed by atoms with Crippen LogP contribution in [-0.4, -0.2) is 41.2 Å². The van der Waals surface area contributed by atoms with Gasteiger partial charge in [0.1, 0.15) is 0 Å². The highest BCUT2D eigenvalue weighted by molar-refractivity contribution is 9.09. The monoisotopic (exact) mass is 280 g/mol. The van der Waals surface area contributed by atoms with Gasteiger partial charge in [-0.2, -0.15) is 0 Å². The van der Waals surface area contributed by atoms with Crippen LogP contribution in [0.1, 0.15) is 0 Å². The first-order valence-electron chi connectivity index (χ1n) is 3.88. The topological polar surface area (TPSA) is 83.8 Å². The van der Waals surface area contributed by atoms with Crippen molar-refractivity contribution in [3.05, 3.63) is 24.3 Å². The van der Waals surface area contributed by atoms with Crippen LogP contribution in [-0.2, 0) is 14.3 Å². The van der Waals surface area contributed by atoms with E-state index in [-0.39, 0.29) is 0 Å². The van der Waals surface area contributed by atoms with Crippen molar-refractivity contribution in [3.8, 4) is 0 Å². The Labute approximate surface area is 96.2 Å². The van der Waals surface area contributed by atoms with Gasteiger partial charge in [0.2, 0.25) is 0 Å². The number of allylic oxidation sites excluding steroid dienone is 1. The number of aliphatic carboxylic acids is 2. The van der Waals surface area contributed by atoms with Crippen molar-refractivity contribution in [2.75, 3.05) is 19.0 Å². The van der Waals surface area contributed by atoms with Gasteiger partial charge in [-0.3, -0.25) is 0 Å². The van der Waals surface area contributed by atoms with E-state index in [4.69, 9.17) is 10.2 Å². The summed E-state index contributed by atoms with van der Waals surface area (Å²) in [5.41, 5.74) is 0. The molecule has 5 nitrogen and oxygen atoms in total. The largest absolute Gasteiger partial charge is 0.478 e. The van der Waals surface area contributed by atoms with Gasteiger partial charge in [-0.05, 0) is 0 Å². The molecule has 0 saturated carbocycles. The van der Waals surface area contributed by atoms with Gasteiger partial charge in [0.25, 0.3) is 0 Å². The average molecular weight is 281 g/mol. The van der Waals surface area contributed by atoms with Crippen LogP contribution in [0.4, 0.5) is 0 Å². The zero-order chi connectivity index (χ0) is 12.1. The van der Waals surface area contributed by atoms with E-state index in [1.165, 1.54) is 19.3 Å². The predicted molar refractivity (Wildman–Crippen MR) is 59.2 cm³/mol. The van der Waals surface area contributed by atoms with Crippen LogP contribution in [0.25, 0.3) is 0 Å². The fraction of sp³-hybridized carbons (Fsp3) is 0.333. The highest BCUT2D eigenvalue weighted by atomic mass is 79.9. The Hall–Kier alpha value is -1.14. The Morgan fingerprint density at radius 2 is 1.67 bits per heavy atom. The van der Waals surface area contributed by atoms with E-state index in [2.05, 4.69) is 20.7 Å². The zero-order valence-corrected chi connectivity index (χ0v) is 9.81. The minimum atomic E-state index is -0.943. The molecule has 0 aliphatic heterocycles. The molecule has 6 heteroatoms. The summed E-state index contributed by atoms with van der Waals surface area (Å²) in [6, 6.07) is 0. The summed E-state index contributed by atoms with van der Waals surface area (Å²) in [5.74, 6) is -1.85. The molecule has 15 heavy (non-hydrogen) atoms. The minimum Gasteiger partial charge on any atom is -0.478 e. The van der Waals surface area contributed by atoms with Crippen molar-refractivity contribution >= 4 is 27.9 Å². The molecule has 0 aromatic rings. The predicted octanol–water partition coefficient (Wildman–Crippen LogP) is 1.30. The third-order valence-electron chi connectivity index (χ3n) is 0.873. The Balaban J connectivity index is 0. The molecule has 0 rings (SSSR count). The maximum atomic E-state index is 9.73. The number of hydrogen-bond acceptors (Lipinski definition) is 3. The molecule has 0 aromatic heterocycles. The molecule has 0 heterocycles. The van der Waals surface area contributed by atoms with E-state index in [1.807, 2.05) is 0 Å². The standard InChI is InChI=1S/C5H8O3.C4H5BrO2/c1-8-4-2-3-5(6)7;5-3-1-2-4(6)7/h2-3H,4H2,1H3,(H,6,7);1-2H,3H2,(H,6,7)/b3-2+;2-1+. The summed E-state index contributed by atoms with van der Waals surface area (Å²) in [7, 11) is 1.51. The summed E-state index contributed by atoms with van der Waals surface area (Å²) < 4.78 is 4.54. The summed E-state index contributed by atoms with van der Waals surface area (Å²) >= 11 is 3.03. The van der Waals surface area contributed by atoms with E-state index in [0.717, 1.165) is 12.2 Å². The summed E-state index contributed by atoms with van der Waals surface area (Å²) in [6.07, 6.45) is 5.09. The Kier molecular flexibility index (Phi) is 14.0. The van der Waals surface area contributed by atoms with Gasteiger partial charge in [-0.15, -0.1) is 0 Å². The van der Waals surface area contributed by atoms with Crippen molar-refractivity contribution in [3.63, 3.8) is 0 Å². The van der Waals surface area contributed by atoms with Crippen molar-refractivity contribution in [2.24, 2.45) is 0 Å². The number of carboxylic acids is 2. The Bertz CT molecular complexity index is 235. The first-order valence-corrected chi connectivity index (χ1v) is 5.00. The highest BCUT2D eigenvalue weighted by Gasteiger charge is 1.81. The fourth-order valence-corrected chi connectivity index (χ4v) is 0.577. The molecule has 0 radical (unpaired) electrons. The van der Waals surface area contributed by atoms with E-state index in [9.17, 15) is 9.59 Å². The zero-order valence-electron chi connectivity index (χ0n) is 8.22. The molecule has 0 fully saturated rings. The quantitative estimate of drug-likeness (QED) is 0.586. The number of rotatable bonds is 5. The number of hydrogen-bond donors (Lipinski definition) is 2. The lowest BCUT2D eigenvalue weighted by molar-refractivity contribution is -0.132. The first kappa shape index (κ1) is 16.3. The lowest BCUT2D eigenvalue weighted by Crippen LogP contribution is -1.88. The average Bonchev–Trinajstić information content (AvgIpc) is 2.15. The molecular formula is C9H13BrO5. The molecule has 0 aromatic carbocycles. The second-order valence-electron chi connectivity index (χ2n) is 2.09. The smallest absolute Gasteiger partial charge is 0.328 e. The van der Waals surface area contributed by atoms with Gasteiger partial charge >= 0.3 is 11.9 Å². The second kappa shape index (κ2) is 12.9. The van der Waals surface area contributed by atoms with Crippen LogP contribution >= 0.6 is 15.9 Å². The van der Waals surface area contributed by atoms with Crippen molar-refractivity contribution < 1.29 is 24.5 Å². The maximum absolute atomic E-state index is 9.73. The third-order valence-corrected chi connectivity index (χ3v) is 1.25. The van der Waals surface area contributed by atoms with Gasteiger partial charge in [-0.25, -0.2) is 9.59 Å². The van der Waals surface area contributed by atoms with Crippen molar-refractivity contribution in [2.45, 2.75) is 0 Å². The number of alkyl halides is 1. The molecule has 0 aliphatic carbocycles. The van der Waals surface area contributed by atoms with Gasteiger partial charge < -0.3 is 14.9 Å². The van der Waals surface area contributed by atoms with Crippen LogP contribution in [0.5, 0.6) is 0 Å². The molecule has 0 bridgehead atoms. The highest BCUT2D eigenvalue weighted by Crippen LogP contribution is 1.79. The number of carboxylic acid groups (broad SMARTS) is 2. The minimum absolute atomic E-state index is 0.353. The van der Waals surface area contributed by atoms with Crippen molar-refractivity contribution in [1.82, 2.24) is 0 Å². The SMILES string of the molecule is COC/C=C/C(=O)O.O=C(O)/C=C/CBr. The second-order valence-corrected chi connectivity index (χ2v) is 2.74. The molecule has 0 aliphatic rings. The number of methoxy groups -OCH3 is 1. The van der Waals surface area contributed by atoms with E-state index in [1.54, 1.807) is 0 Å². The van der Waals surface area contributed by atoms with Crippen LogP contribution < -0.4 is 0 Å². The molecule has 0 spiro atoms. The van der Waals surface area contributed by atoms with Crippen LogP contribution in [0.15, 0.2) is 24.3 Å². The maximum Gasteiger partial charge on any atom is 0.328 e. The molecule has 86 valence electrons. The molecule has 0 unspecified atom stereocenters. The van der Waals surface area contributed by atoms with E-state index in [0.29, 0.717) is 11.9 Å². The Morgan fingerprint density at radius 1 is 1.20 bits per heavy atom. The third kappa shape index (κ3) is 24.6. The molecule has 0 saturated heterocycles. The molecule has 0 amide bonds. The first-order chi connectivity index (χ1) is 7.04. The van der Waals surface area contributed by atoms with Gasteiger partial charge in [-0.1, -0.05) is 28.1 Å². The normalized spacial score (nSPS) is 10.0. The fourth-order valence-electron chi connectivity index (χ4n) is 0.391. The van der Waals surface area contributed by atoms with Gasteiger partial charge in [0.05, 0.1) is 6.61 Å². The van der Waals surface area contributed by atoms with Gasteiger partial charge in [0.15, 0.2) is 0 Å². The molecule has 0 atom stereocenters. The lowest BCUT2D eigenvalue weighted by Gasteiger charge is -1.83. The lowest BCUT2D eigenvalue weighted by atomic mass is 10.5. The molecule has 2 N–H and O–H groups in total. The van der Waals surface area contributed by atoms with E-state index >= 15 is 0 Å². The Morgan fingerprint density at radius 3 is 1.93 bits per heavy atom. The number of carbonyl (C=O) groups is 2. The van der Waals surface area contributed by atoms with Crippen LogP contribution in [0.3, 0.4) is 0 Å². The van der Waals surface area contributed by atoms with Crippen molar-refractivity contribution in [1.29, 1.82) is 0 Å². The summed E-state index contributed by atoms with van der Waals surface area (Å²) in [4.78, 5) is 19.4. The summed E-state index contributed by atoms with van der Waals surface area (Å²) in [5, 5.41) is 16.5. The van der Waals surface area contributed by atoms with Gasteiger partial charge in [0, 0.05) is 24.6 Å². The van der Waals surface area contributed by atoms with Crippen LogP contribution in [0, 0.1) is 0 Å². The molecular weight excluding hydrogens is 268 g/mol. The van der Waals surface area contributed by atoms with Crippen LogP contribution in [0.2, 0.25) is 0 Å². The summed E-state index contributed by atoms with van der Waals surface area (Å²) in [6.45, 7) is 0.353. The number of ether oxygens (including phenoxy) is 1. The van der Waals surface area contributed by atoms with E-state index < -0.39 is 11.9 Å². The number of halogens is 1.